The number of fused-ring (bicyclic) bond motifs is 1. The summed E-state index contributed by atoms with van der Waals surface area (Å²) < 4.78 is 11.1. The third-order valence-corrected chi connectivity index (χ3v) is 3.39. The lowest BCUT2D eigenvalue weighted by Gasteiger charge is -2.17. The largest absolute Gasteiger partial charge is 0.459 e. The third-order valence-electron chi connectivity index (χ3n) is 3.39. The maximum Gasteiger partial charge on any atom is 0.137 e. The van der Waals surface area contributed by atoms with E-state index in [4.69, 9.17) is 15.0 Å². The molecule has 4 heteroatoms. The van der Waals surface area contributed by atoms with Gasteiger partial charge in [-0.05, 0) is 30.9 Å². The van der Waals surface area contributed by atoms with E-state index in [0.717, 1.165) is 35.3 Å². The Morgan fingerprint density at radius 2 is 2.21 bits per heavy atom. The quantitative estimate of drug-likeness (QED) is 0.620. The summed E-state index contributed by atoms with van der Waals surface area (Å²) in [5.74, 6) is 6.96. The van der Waals surface area contributed by atoms with Gasteiger partial charge in [0.15, 0.2) is 0 Å². The summed E-state index contributed by atoms with van der Waals surface area (Å²) >= 11 is 0. The van der Waals surface area contributed by atoms with Crippen molar-refractivity contribution in [2.75, 3.05) is 13.7 Å². The minimum Gasteiger partial charge on any atom is -0.459 e. The van der Waals surface area contributed by atoms with E-state index in [9.17, 15) is 0 Å². The molecule has 2 rings (SSSR count). The number of aryl methyl sites for hydroxylation is 1. The SMILES string of the molecule is COCC(C)CC(NN)c1cc2cccc(C)c2o1. The van der Waals surface area contributed by atoms with Gasteiger partial charge in [-0.2, -0.15) is 0 Å². The van der Waals surface area contributed by atoms with Crippen molar-refractivity contribution in [1.29, 1.82) is 0 Å². The maximum atomic E-state index is 5.95. The van der Waals surface area contributed by atoms with Crippen molar-refractivity contribution < 1.29 is 9.15 Å². The second-order valence-electron chi connectivity index (χ2n) is 5.16. The van der Waals surface area contributed by atoms with Gasteiger partial charge < -0.3 is 9.15 Å². The summed E-state index contributed by atoms with van der Waals surface area (Å²) in [5, 5.41) is 1.12. The van der Waals surface area contributed by atoms with E-state index in [1.54, 1.807) is 7.11 Å². The molecule has 19 heavy (non-hydrogen) atoms. The number of rotatable bonds is 6. The molecule has 1 heterocycles. The van der Waals surface area contributed by atoms with E-state index in [-0.39, 0.29) is 6.04 Å². The van der Waals surface area contributed by atoms with Crippen molar-refractivity contribution in [1.82, 2.24) is 5.43 Å². The van der Waals surface area contributed by atoms with Crippen molar-refractivity contribution in [3.63, 3.8) is 0 Å². The molecule has 0 saturated carbocycles. The lowest BCUT2D eigenvalue weighted by atomic mass is 10.0. The maximum absolute atomic E-state index is 5.95. The second kappa shape index (κ2) is 6.19. The molecule has 1 aromatic heterocycles. The Kier molecular flexibility index (Phi) is 4.58. The molecule has 0 aliphatic heterocycles. The van der Waals surface area contributed by atoms with Gasteiger partial charge in [0.1, 0.15) is 11.3 Å². The lowest BCUT2D eigenvalue weighted by Crippen LogP contribution is -2.29. The number of benzene rings is 1. The van der Waals surface area contributed by atoms with Crippen LogP contribution in [-0.2, 0) is 4.74 Å². The molecule has 0 aliphatic rings. The molecule has 2 aromatic rings. The van der Waals surface area contributed by atoms with E-state index in [0.29, 0.717) is 5.92 Å². The first-order valence-electron chi connectivity index (χ1n) is 6.59. The Morgan fingerprint density at radius 1 is 1.42 bits per heavy atom. The molecular formula is C15H22N2O2. The molecule has 0 fully saturated rings. The summed E-state index contributed by atoms with van der Waals surface area (Å²) in [6, 6.07) is 8.22. The van der Waals surface area contributed by atoms with Crippen molar-refractivity contribution in [2.45, 2.75) is 26.3 Å². The van der Waals surface area contributed by atoms with Gasteiger partial charge >= 0.3 is 0 Å². The van der Waals surface area contributed by atoms with Gasteiger partial charge in [-0.15, -0.1) is 0 Å². The smallest absolute Gasteiger partial charge is 0.137 e. The molecule has 0 bridgehead atoms. The summed E-state index contributed by atoms with van der Waals surface area (Å²) in [4.78, 5) is 0. The fourth-order valence-corrected chi connectivity index (χ4v) is 2.42. The summed E-state index contributed by atoms with van der Waals surface area (Å²) in [6.45, 7) is 4.91. The van der Waals surface area contributed by atoms with Crippen LogP contribution in [0.5, 0.6) is 0 Å². The number of methoxy groups -OCH3 is 1. The first-order valence-corrected chi connectivity index (χ1v) is 6.59. The predicted octanol–water partition coefficient (Wildman–Crippen LogP) is 2.92. The molecule has 0 saturated heterocycles. The number of hydrogen-bond donors (Lipinski definition) is 2. The third kappa shape index (κ3) is 3.15. The minimum absolute atomic E-state index is 0.0111. The number of hydrazine groups is 1. The van der Waals surface area contributed by atoms with Gasteiger partial charge in [-0.25, -0.2) is 5.43 Å². The number of furan rings is 1. The molecule has 2 unspecified atom stereocenters. The van der Waals surface area contributed by atoms with Crippen LogP contribution in [0.4, 0.5) is 0 Å². The molecular weight excluding hydrogens is 240 g/mol. The predicted molar refractivity (Wildman–Crippen MR) is 76.7 cm³/mol. The first-order chi connectivity index (χ1) is 9.15. The fraction of sp³-hybridized carbons (Fsp3) is 0.467. The monoisotopic (exact) mass is 262 g/mol. The Bertz CT molecular complexity index is 536. The number of nitrogens with one attached hydrogen (secondary N) is 1. The van der Waals surface area contributed by atoms with Gasteiger partial charge in [0.2, 0.25) is 0 Å². The minimum atomic E-state index is 0.0111. The van der Waals surface area contributed by atoms with Gasteiger partial charge in [0.05, 0.1) is 6.04 Å². The summed E-state index contributed by atoms with van der Waals surface area (Å²) in [7, 11) is 1.71. The Labute approximate surface area is 113 Å². The molecule has 0 radical (unpaired) electrons. The highest BCUT2D eigenvalue weighted by molar-refractivity contribution is 5.80. The van der Waals surface area contributed by atoms with Crippen LogP contribution in [0.15, 0.2) is 28.7 Å². The van der Waals surface area contributed by atoms with Crippen molar-refractivity contribution in [3.8, 4) is 0 Å². The number of nitrogens with two attached hydrogens (primary N) is 1. The Balaban J connectivity index is 2.23. The average molecular weight is 262 g/mol. The highest BCUT2D eigenvalue weighted by Crippen LogP contribution is 2.29. The summed E-state index contributed by atoms with van der Waals surface area (Å²) in [5.41, 5.74) is 4.92. The van der Waals surface area contributed by atoms with E-state index >= 15 is 0 Å². The highest BCUT2D eigenvalue weighted by Gasteiger charge is 2.18. The average Bonchev–Trinajstić information content (AvgIpc) is 2.81. The standard InChI is InChI=1S/C15H22N2O2/c1-10(9-18-3)7-13(17-16)14-8-12-6-4-5-11(2)15(12)19-14/h4-6,8,10,13,17H,7,9,16H2,1-3H3. The van der Waals surface area contributed by atoms with Crippen LogP contribution in [0.3, 0.4) is 0 Å². The van der Waals surface area contributed by atoms with Crippen LogP contribution < -0.4 is 11.3 Å². The molecule has 0 amide bonds. The lowest BCUT2D eigenvalue weighted by molar-refractivity contribution is 0.147. The second-order valence-corrected chi connectivity index (χ2v) is 5.16. The van der Waals surface area contributed by atoms with Crippen LogP contribution in [-0.4, -0.2) is 13.7 Å². The Morgan fingerprint density at radius 3 is 2.84 bits per heavy atom. The molecule has 1 aromatic carbocycles. The zero-order valence-corrected chi connectivity index (χ0v) is 11.8. The van der Waals surface area contributed by atoms with Gasteiger partial charge in [0, 0.05) is 19.1 Å². The van der Waals surface area contributed by atoms with Crippen LogP contribution in [0, 0.1) is 12.8 Å². The van der Waals surface area contributed by atoms with Crippen molar-refractivity contribution in [3.05, 3.63) is 35.6 Å². The van der Waals surface area contributed by atoms with E-state index in [1.165, 1.54) is 0 Å². The van der Waals surface area contributed by atoms with Gasteiger partial charge in [-0.3, -0.25) is 5.84 Å². The molecule has 2 atom stereocenters. The van der Waals surface area contributed by atoms with E-state index in [1.807, 2.05) is 19.1 Å². The Hall–Kier alpha value is -1.36. The molecule has 0 spiro atoms. The number of hydrogen-bond acceptors (Lipinski definition) is 4. The summed E-state index contributed by atoms with van der Waals surface area (Å²) in [6.07, 6.45) is 0.878. The normalized spacial score (nSPS) is 14.7. The van der Waals surface area contributed by atoms with Crippen LogP contribution in [0.1, 0.15) is 30.7 Å². The van der Waals surface area contributed by atoms with Crippen molar-refractivity contribution >= 4 is 11.0 Å². The zero-order chi connectivity index (χ0) is 13.8. The number of para-hydroxylation sites is 1. The van der Waals surface area contributed by atoms with Crippen LogP contribution in [0.2, 0.25) is 0 Å². The molecule has 4 nitrogen and oxygen atoms in total. The fourth-order valence-electron chi connectivity index (χ4n) is 2.42. The zero-order valence-electron chi connectivity index (χ0n) is 11.8. The highest BCUT2D eigenvalue weighted by atomic mass is 16.5. The first kappa shape index (κ1) is 14.1. The number of ether oxygens (including phenoxy) is 1. The van der Waals surface area contributed by atoms with E-state index < -0.39 is 0 Å². The molecule has 0 aliphatic carbocycles. The topological polar surface area (TPSA) is 60.4 Å². The molecule has 104 valence electrons. The van der Waals surface area contributed by atoms with Gasteiger partial charge in [0.25, 0.3) is 0 Å². The van der Waals surface area contributed by atoms with Crippen molar-refractivity contribution in [2.24, 2.45) is 11.8 Å². The van der Waals surface area contributed by atoms with E-state index in [2.05, 4.69) is 24.5 Å². The van der Waals surface area contributed by atoms with Crippen LogP contribution >= 0.6 is 0 Å². The van der Waals surface area contributed by atoms with Gasteiger partial charge in [-0.1, -0.05) is 25.1 Å². The molecule has 3 N–H and O–H groups in total. The van der Waals surface area contributed by atoms with Crippen LogP contribution in [0.25, 0.3) is 11.0 Å².